The van der Waals surface area contributed by atoms with E-state index < -0.39 is 18.0 Å². The number of carboxylic acids is 1. The van der Waals surface area contributed by atoms with Crippen LogP contribution in [0.5, 0.6) is 0 Å². The van der Waals surface area contributed by atoms with Crippen LogP contribution in [0, 0.1) is 13.8 Å². The maximum Gasteiger partial charge on any atom is 0.337 e. The summed E-state index contributed by atoms with van der Waals surface area (Å²) in [4.78, 5) is 53.1. The SMILES string of the molecule is CCN(CC)C(C(N)=O)n1c(C)c(C(=O)O)c(C)c1C=C1C(=O)Nc2c(Nc3cccc(NC(=O)c4ccccc4)c3)cccc21. The summed E-state index contributed by atoms with van der Waals surface area (Å²) in [6.07, 6.45) is 0.666. The molecular weight excluding hydrogens is 584 g/mol. The zero-order chi connectivity index (χ0) is 33.1. The molecule has 11 nitrogen and oxygen atoms in total. The van der Waals surface area contributed by atoms with E-state index in [1.54, 1.807) is 79.1 Å². The summed E-state index contributed by atoms with van der Waals surface area (Å²) < 4.78 is 1.61. The van der Waals surface area contributed by atoms with E-state index in [2.05, 4.69) is 16.0 Å². The van der Waals surface area contributed by atoms with Crippen molar-refractivity contribution in [2.24, 2.45) is 5.73 Å². The summed E-state index contributed by atoms with van der Waals surface area (Å²) in [5.41, 5.74) is 11.0. The first-order valence-corrected chi connectivity index (χ1v) is 14.9. The van der Waals surface area contributed by atoms with Crippen LogP contribution < -0.4 is 21.7 Å². The molecule has 11 heteroatoms. The highest BCUT2D eigenvalue weighted by Crippen LogP contribution is 2.41. The zero-order valence-corrected chi connectivity index (χ0v) is 26.0. The Bertz CT molecular complexity index is 1870. The molecule has 0 fully saturated rings. The number of aromatic nitrogens is 1. The number of carbonyl (C=O) groups excluding carboxylic acids is 3. The monoisotopic (exact) mass is 620 g/mol. The average Bonchev–Trinajstić information content (AvgIpc) is 3.48. The number of likely N-dealkylation sites (N-methyl/N-ethyl adjacent to an activating group) is 1. The van der Waals surface area contributed by atoms with Crippen LogP contribution in [0.3, 0.4) is 0 Å². The molecular formula is C35H36N6O5. The van der Waals surface area contributed by atoms with Gasteiger partial charge in [0.2, 0.25) is 0 Å². The van der Waals surface area contributed by atoms with Gasteiger partial charge >= 0.3 is 5.97 Å². The first-order valence-electron chi connectivity index (χ1n) is 14.9. The molecule has 2 heterocycles. The van der Waals surface area contributed by atoms with Gasteiger partial charge < -0.3 is 31.4 Å². The number of fused-ring (bicyclic) bond motifs is 1. The summed E-state index contributed by atoms with van der Waals surface area (Å²) in [5, 5.41) is 19.2. The van der Waals surface area contributed by atoms with Gasteiger partial charge in [0.1, 0.15) is 0 Å². The van der Waals surface area contributed by atoms with Crippen molar-refractivity contribution in [1.29, 1.82) is 0 Å². The number of hydrogen-bond donors (Lipinski definition) is 5. The number of primary amides is 1. The van der Waals surface area contributed by atoms with Gasteiger partial charge in [0, 0.05) is 33.9 Å². The molecule has 6 N–H and O–H groups in total. The third-order valence-corrected chi connectivity index (χ3v) is 8.17. The minimum atomic E-state index is -1.14. The van der Waals surface area contributed by atoms with Crippen molar-refractivity contribution in [2.75, 3.05) is 29.0 Å². The fourth-order valence-corrected chi connectivity index (χ4v) is 5.95. The van der Waals surface area contributed by atoms with Crippen LogP contribution in [-0.2, 0) is 9.59 Å². The quantitative estimate of drug-likeness (QED) is 0.136. The molecule has 0 bridgehead atoms. The van der Waals surface area contributed by atoms with Crippen LogP contribution in [0.25, 0.3) is 11.6 Å². The Morgan fingerprint density at radius 2 is 1.65 bits per heavy atom. The van der Waals surface area contributed by atoms with Gasteiger partial charge in [-0.1, -0.05) is 50.2 Å². The van der Waals surface area contributed by atoms with E-state index in [-0.39, 0.29) is 17.4 Å². The van der Waals surface area contributed by atoms with E-state index in [1.165, 1.54) is 0 Å². The van der Waals surface area contributed by atoms with Crippen LogP contribution in [0.4, 0.5) is 22.7 Å². The normalized spacial score (nSPS) is 13.8. The van der Waals surface area contributed by atoms with Gasteiger partial charge in [-0.05, 0) is 75.0 Å². The Balaban J connectivity index is 1.53. The van der Waals surface area contributed by atoms with Crippen LogP contribution in [0.15, 0.2) is 72.8 Å². The van der Waals surface area contributed by atoms with E-state index in [0.717, 1.165) is 0 Å². The number of nitrogens with zero attached hydrogens (tertiary/aromatic N) is 2. The number of benzene rings is 3. The summed E-state index contributed by atoms with van der Waals surface area (Å²) >= 11 is 0. The lowest BCUT2D eigenvalue weighted by Gasteiger charge is -2.30. The van der Waals surface area contributed by atoms with Gasteiger partial charge in [-0.25, -0.2) is 4.79 Å². The Kier molecular flexibility index (Phi) is 9.06. The second-order valence-electron chi connectivity index (χ2n) is 10.9. The van der Waals surface area contributed by atoms with Crippen molar-refractivity contribution in [2.45, 2.75) is 33.9 Å². The number of nitrogens with one attached hydrogen (secondary N) is 3. The molecule has 3 amide bonds. The topological polar surface area (TPSA) is 159 Å². The molecule has 46 heavy (non-hydrogen) atoms. The van der Waals surface area contributed by atoms with Gasteiger partial charge in [0.25, 0.3) is 17.7 Å². The molecule has 1 aliphatic rings. The van der Waals surface area contributed by atoms with E-state index in [0.29, 0.717) is 69.5 Å². The molecule has 4 aromatic rings. The van der Waals surface area contributed by atoms with Crippen molar-refractivity contribution < 1.29 is 24.3 Å². The number of carboxylic acid groups (broad SMARTS) is 1. The Morgan fingerprint density at radius 1 is 0.978 bits per heavy atom. The van der Waals surface area contributed by atoms with E-state index in [4.69, 9.17) is 5.73 Å². The maximum absolute atomic E-state index is 13.5. The van der Waals surface area contributed by atoms with Crippen LogP contribution >= 0.6 is 0 Å². The van der Waals surface area contributed by atoms with Gasteiger partial charge in [-0.15, -0.1) is 0 Å². The molecule has 3 aromatic carbocycles. The van der Waals surface area contributed by atoms with Gasteiger partial charge in [0.05, 0.1) is 22.5 Å². The fraction of sp³-hybridized carbons (Fsp3) is 0.200. The molecule has 0 spiro atoms. The number of hydrogen-bond acceptors (Lipinski definition) is 6. The smallest absolute Gasteiger partial charge is 0.337 e. The number of anilines is 4. The van der Waals surface area contributed by atoms with Gasteiger partial charge in [-0.3, -0.25) is 19.3 Å². The molecule has 0 aliphatic carbocycles. The summed E-state index contributed by atoms with van der Waals surface area (Å²) in [6.45, 7) is 8.07. The Morgan fingerprint density at radius 3 is 2.30 bits per heavy atom. The zero-order valence-electron chi connectivity index (χ0n) is 26.0. The molecule has 0 saturated carbocycles. The first-order chi connectivity index (χ1) is 22.0. The van der Waals surface area contributed by atoms with Crippen molar-refractivity contribution in [3.63, 3.8) is 0 Å². The molecule has 0 saturated heterocycles. The molecule has 236 valence electrons. The van der Waals surface area contributed by atoms with Gasteiger partial charge in [-0.2, -0.15) is 0 Å². The number of aromatic carboxylic acids is 1. The maximum atomic E-state index is 13.5. The fourth-order valence-electron chi connectivity index (χ4n) is 5.95. The van der Waals surface area contributed by atoms with Crippen molar-refractivity contribution in [3.05, 3.63) is 106 Å². The molecule has 1 aliphatic heterocycles. The number of nitrogens with two attached hydrogens (primary N) is 1. The molecule has 5 rings (SSSR count). The lowest BCUT2D eigenvalue weighted by Crippen LogP contribution is -2.42. The Hall–Kier alpha value is -5.68. The summed E-state index contributed by atoms with van der Waals surface area (Å²) in [7, 11) is 0. The van der Waals surface area contributed by atoms with E-state index in [9.17, 15) is 24.3 Å². The van der Waals surface area contributed by atoms with E-state index in [1.807, 2.05) is 36.9 Å². The minimum Gasteiger partial charge on any atom is -0.478 e. The molecule has 1 aromatic heterocycles. The Labute approximate surface area is 266 Å². The van der Waals surface area contributed by atoms with Crippen LogP contribution in [-0.4, -0.2) is 51.4 Å². The van der Waals surface area contributed by atoms with Crippen LogP contribution in [0.1, 0.15) is 63.2 Å². The predicted molar refractivity (Wildman–Crippen MR) is 179 cm³/mol. The third-order valence-electron chi connectivity index (χ3n) is 8.17. The molecule has 1 atom stereocenters. The minimum absolute atomic E-state index is 0.0542. The second kappa shape index (κ2) is 13.1. The largest absolute Gasteiger partial charge is 0.478 e. The lowest BCUT2D eigenvalue weighted by molar-refractivity contribution is -0.126. The number of carbonyl (C=O) groups is 4. The highest BCUT2D eigenvalue weighted by Gasteiger charge is 2.33. The van der Waals surface area contributed by atoms with E-state index >= 15 is 0 Å². The van der Waals surface area contributed by atoms with Crippen LogP contribution in [0.2, 0.25) is 0 Å². The second-order valence-corrected chi connectivity index (χ2v) is 10.9. The third kappa shape index (κ3) is 6.00. The molecule has 0 radical (unpaired) electrons. The average molecular weight is 621 g/mol. The standard InChI is InChI=1S/C35H36N6O5/c1-5-40(6-2)34(31(36)42)41-21(4)29(35(45)46)20(3)28(41)19-26-25-16-11-17-27(30(25)39-33(26)44)37-23-14-10-15-24(18-23)38-32(43)22-12-8-7-9-13-22/h7-19,34,37H,5-6H2,1-4H3,(H2,36,42)(H,38,43)(H,39,44)(H,45,46). The number of rotatable bonds is 11. The summed E-state index contributed by atoms with van der Waals surface area (Å²) in [5.74, 6) is -2.39. The summed E-state index contributed by atoms with van der Waals surface area (Å²) in [6, 6.07) is 21.5. The van der Waals surface area contributed by atoms with Crippen molar-refractivity contribution in [3.8, 4) is 0 Å². The lowest BCUT2D eigenvalue weighted by atomic mass is 10.0. The van der Waals surface area contributed by atoms with Crippen molar-refractivity contribution >= 4 is 58.1 Å². The number of amides is 3. The number of para-hydroxylation sites is 1. The van der Waals surface area contributed by atoms with Gasteiger partial charge in [0.15, 0.2) is 6.17 Å². The highest BCUT2D eigenvalue weighted by atomic mass is 16.4. The highest BCUT2D eigenvalue weighted by molar-refractivity contribution is 6.36. The first kappa shape index (κ1) is 31.7. The molecule has 1 unspecified atom stereocenters. The van der Waals surface area contributed by atoms with Crippen molar-refractivity contribution in [1.82, 2.24) is 9.47 Å². The predicted octanol–water partition coefficient (Wildman–Crippen LogP) is 5.62.